The first kappa shape index (κ1) is 34.0. The van der Waals surface area contributed by atoms with Crippen LogP contribution in [0.1, 0.15) is 79.1 Å². The minimum atomic E-state index is -0.729. The van der Waals surface area contributed by atoms with Gasteiger partial charge >= 0.3 is 0 Å². The summed E-state index contributed by atoms with van der Waals surface area (Å²) in [5.74, 6) is 2.51. The molecule has 5 saturated carbocycles. The summed E-state index contributed by atoms with van der Waals surface area (Å²) in [6, 6.07) is -0.0248. The van der Waals surface area contributed by atoms with Gasteiger partial charge in [-0.15, -0.1) is 5.16 Å². The predicted octanol–water partition coefficient (Wildman–Crippen LogP) is 3.35. The molecule has 0 radical (unpaired) electrons. The number of methoxy groups -OCH3 is 1. The van der Waals surface area contributed by atoms with E-state index >= 15 is 0 Å². The quantitative estimate of drug-likeness (QED) is 0.166. The van der Waals surface area contributed by atoms with E-state index in [1.165, 1.54) is 6.42 Å². The van der Waals surface area contributed by atoms with E-state index in [4.69, 9.17) is 15.3 Å². The van der Waals surface area contributed by atoms with Crippen LogP contribution >= 0.6 is 0 Å². The highest BCUT2D eigenvalue weighted by Crippen LogP contribution is 2.61. The molecule has 6 aliphatic rings. The van der Waals surface area contributed by atoms with E-state index in [2.05, 4.69) is 50.2 Å². The molecular formula is C34H61N5O5. The number of nitrogens with one attached hydrogen (secondary N) is 1. The monoisotopic (exact) mass is 619 g/mol. The van der Waals surface area contributed by atoms with Crippen molar-refractivity contribution >= 4 is 12.1 Å². The summed E-state index contributed by atoms with van der Waals surface area (Å²) in [4.78, 5) is 22.9. The highest BCUT2D eigenvalue weighted by molar-refractivity contribution is 5.82. The van der Waals surface area contributed by atoms with Crippen LogP contribution in [0.25, 0.3) is 0 Å². The number of aliphatic hydroxyl groups is 1. The summed E-state index contributed by atoms with van der Waals surface area (Å²) in [6.07, 6.45) is 9.17. The second kappa shape index (κ2) is 13.8. The van der Waals surface area contributed by atoms with Crippen LogP contribution < -0.4 is 11.1 Å². The van der Waals surface area contributed by atoms with Crippen LogP contribution in [0, 0.1) is 52.8 Å². The van der Waals surface area contributed by atoms with Gasteiger partial charge < -0.3 is 31.0 Å². The molecule has 10 heteroatoms. The van der Waals surface area contributed by atoms with Gasteiger partial charge in [0.15, 0.2) is 0 Å². The number of fused-ring (bicyclic) bond motifs is 2. The molecule has 1 amide bonds. The zero-order valence-electron chi connectivity index (χ0n) is 28.3. The van der Waals surface area contributed by atoms with Crippen LogP contribution in [0.2, 0.25) is 0 Å². The van der Waals surface area contributed by atoms with Gasteiger partial charge in [-0.1, -0.05) is 27.2 Å². The molecule has 1 saturated heterocycles. The fraction of sp³-hybridized carbons (Fsp3) is 0.941. The molecule has 1 heterocycles. The SMILES string of the molecule is COC1C(CN2O[C@@H](CN)[C@@H]([C@H](C)O)[C@H]2C(=O)N[C@H]2C[C@H]3C[C@@H]([C@@H]2C)C3(C)C)CCCC1C1CC(/C=N/O)CC(N(C)C)C1. The van der Waals surface area contributed by atoms with Gasteiger partial charge in [0.05, 0.1) is 18.3 Å². The maximum absolute atomic E-state index is 14.2. The van der Waals surface area contributed by atoms with Crippen LogP contribution in [0.5, 0.6) is 0 Å². The Labute approximate surface area is 265 Å². The zero-order chi connectivity index (χ0) is 31.9. The maximum Gasteiger partial charge on any atom is 0.240 e. The first-order valence-corrected chi connectivity index (χ1v) is 17.4. The number of carbonyl (C=O) groups is 1. The normalized spacial score (nSPS) is 44.9. The molecule has 5 aliphatic carbocycles. The summed E-state index contributed by atoms with van der Waals surface area (Å²) in [5.41, 5.74) is 6.52. The third-order valence-corrected chi connectivity index (χ3v) is 13.2. The van der Waals surface area contributed by atoms with Crippen molar-refractivity contribution < 1.29 is 24.7 Å². The van der Waals surface area contributed by atoms with Crippen molar-refractivity contribution in [2.45, 2.75) is 115 Å². The van der Waals surface area contributed by atoms with Gasteiger partial charge in [-0.05, 0) is 107 Å². The summed E-state index contributed by atoms with van der Waals surface area (Å²) >= 11 is 0. The lowest BCUT2D eigenvalue weighted by molar-refractivity contribution is -0.186. The first-order valence-electron chi connectivity index (χ1n) is 17.4. The number of nitrogens with two attached hydrogens (primary N) is 1. The average Bonchev–Trinajstić information content (AvgIpc) is 3.36. The van der Waals surface area contributed by atoms with Gasteiger partial charge in [0.25, 0.3) is 0 Å². The molecule has 44 heavy (non-hydrogen) atoms. The Kier molecular flexibility index (Phi) is 10.7. The Morgan fingerprint density at radius 1 is 1.23 bits per heavy atom. The van der Waals surface area contributed by atoms with E-state index in [0.29, 0.717) is 47.6 Å². The van der Waals surface area contributed by atoms with Crippen molar-refractivity contribution in [2.75, 3.05) is 34.3 Å². The smallest absolute Gasteiger partial charge is 0.240 e. The van der Waals surface area contributed by atoms with Crippen molar-refractivity contribution in [1.29, 1.82) is 0 Å². The highest BCUT2D eigenvalue weighted by atomic mass is 16.7. The molecule has 0 aromatic heterocycles. The number of hydrogen-bond acceptors (Lipinski definition) is 9. The summed E-state index contributed by atoms with van der Waals surface area (Å²) in [7, 11) is 6.10. The number of carbonyl (C=O) groups excluding carboxylic acids is 1. The lowest BCUT2D eigenvalue weighted by Crippen LogP contribution is -2.62. The number of nitrogens with zero attached hydrogens (tertiary/aromatic N) is 3. The van der Waals surface area contributed by atoms with Crippen LogP contribution in [-0.2, 0) is 14.4 Å². The summed E-state index contributed by atoms with van der Waals surface area (Å²) < 4.78 is 6.31. The third-order valence-electron chi connectivity index (χ3n) is 13.2. The van der Waals surface area contributed by atoms with Crippen LogP contribution in [-0.4, -0.2) is 103 Å². The molecule has 0 aromatic carbocycles. The molecule has 6 fully saturated rings. The topological polar surface area (TPSA) is 133 Å². The number of rotatable bonds is 10. The van der Waals surface area contributed by atoms with Crippen LogP contribution in [0.15, 0.2) is 5.16 Å². The number of hydrogen-bond donors (Lipinski definition) is 4. The second-order valence-corrected chi connectivity index (χ2v) is 16.0. The van der Waals surface area contributed by atoms with Crippen molar-refractivity contribution in [3.63, 3.8) is 0 Å². The number of aliphatic hydroxyl groups excluding tert-OH is 1. The van der Waals surface area contributed by atoms with E-state index in [-0.39, 0.29) is 36.4 Å². The van der Waals surface area contributed by atoms with Gasteiger partial charge in [-0.25, -0.2) is 0 Å². The van der Waals surface area contributed by atoms with E-state index in [1.807, 2.05) is 12.2 Å². The molecule has 6 unspecified atom stereocenters. The molecular weight excluding hydrogens is 558 g/mol. The maximum atomic E-state index is 14.2. The molecule has 0 spiro atoms. The minimum absolute atomic E-state index is 0.0309. The molecule has 10 nitrogen and oxygen atoms in total. The Balaban J connectivity index is 1.33. The molecule has 252 valence electrons. The standard InChI is InChI=1S/C34H61N5O5/c1-19-27-14-24(34(27,3)4)15-28(19)37-33(41)31-30(20(2)40)29(16-35)44-39(31)18-22-9-8-10-26(32(22)43-7)23-11-21(17-36-42)12-25(13-23)38(5)6/h17,19-32,40,42H,8-16,18,35H2,1-7H3,(H,37,41)/b36-17+/t19-,20-,21?,22?,23?,24+,25?,26?,27-,28-,29-,30+,31-,32?/m0/s1. The van der Waals surface area contributed by atoms with Crippen molar-refractivity contribution in [3.8, 4) is 0 Å². The van der Waals surface area contributed by atoms with Crippen molar-refractivity contribution in [1.82, 2.24) is 15.3 Å². The molecule has 2 bridgehead atoms. The second-order valence-electron chi connectivity index (χ2n) is 16.0. The molecule has 0 aromatic rings. The molecule has 1 aliphatic heterocycles. The third kappa shape index (κ3) is 6.45. The fourth-order valence-corrected chi connectivity index (χ4v) is 10.5. The zero-order valence-corrected chi connectivity index (χ0v) is 28.3. The highest BCUT2D eigenvalue weighted by Gasteiger charge is 2.57. The van der Waals surface area contributed by atoms with Crippen molar-refractivity contribution in [2.24, 2.45) is 63.6 Å². The lowest BCUT2D eigenvalue weighted by atomic mass is 9.45. The van der Waals surface area contributed by atoms with Gasteiger partial charge in [-0.3, -0.25) is 9.63 Å². The molecule has 14 atom stereocenters. The van der Waals surface area contributed by atoms with Gasteiger partial charge in [-0.2, -0.15) is 5.06 Å². The molecule has 6 rings (SSSR count). The fourth-order valence-electron chi connectivity index (χ4n) is 10.5. The summed E-state index contributed by atoms with van der Waals surface area (Å²) in [5, 5.41) is 29.0. The van der Waals surface area contributed by atoms with E-state index in [9.17, 15) is 15.1 Å². The first-order chi connectivity index (χ1) is 20.9. The number of ether oxygens (including phenoxy) is 1. The number of hydroxylamine groups is 2. The molecule has 5 N–H and O–H groups in total. The average molecular weight is 620 g/mol. The van der Waals surface area contributed by atoms with Gasteiger partial charge in [0.2, 0.25) is 5.91 Å². The Morgan fingerprint density at radius 2 is 1.98 bits per heavy atom. The Morgan fingerprint density at radius 3 is 2.57 bits per heavy atom. The van der Waals surface area contributed by atoms with E-state index < -0.39 is 24.2 Å². The summed E-state index contributed by atoms with van der Waals surface area (Å²) in [6.45, 7) is 9.61. The minimum Gasteiger partial charge on any atom is -0.411 e. The Bertz CT molecular complexity index is 1010. The van der Waals surface area contributed by atoms with Gasteiger partial charge in [0.1, 0.15) is 6.04 Å². The number of oxime groups is 1. The van der Waals surface area contributed by atoms with E-state index in [1.54, 1.807) is 13.1 Å². The largest absolute Gasteiger partial charge is 0.411 e. The number of amides is 1. The van der Waals surface area contributed by atoms with Crippen LogP contribution in [0.3, 0.4) is 0 Å². The lowest BCUT2D eigenvalue weighted by Gasteiger charge is -2.62. The van der Waals surface area contributed by atoms with E-state index in [0.717, 1.165) is 44.9 Å². The Hall–Kier alpha value is -1.30. The van der Waals surface area contributed by atoms with Gasteiger partial charge in [0, 0.05) is 50.3 Å². The predicted molar refractivity (Wildman–Crippen MR) is 171 cm³/mol. The van der Waals surface area contributed by atoms with Crippen molar-refractivity contribution in [3.05, 3.63) is 0 Å². The van der Waals surface area contributed by atoms with Crippen LogP contribution in [0.4, 0.5) is 0 Å².